The van der Waals surface area contributed by atoms with Crippen LogP contribution in [0.3, 0.4) is 0 Å². The van der Waals surface area contributed by atoms with Gasteiger partial charge in [-0.2, -0.15) is 5.26 Å². The van der Waals surface area contributed by atoms with Gasteiger partial charge in [-0.3, -0.25) is 4.79 Å². The Kier molecular flexibility index (Phi) is 5.92. The normalized spacial score (nSPS) is 15.4. The molecule has 0 saturated carbocycles. The number of rotatable bonds is 6. The third-order valence-corrected chi connectivity index (χ3v) is 4.71. The Bertz CT molecular complexity index is 759. The van der Waals surface area contributed by atoms with Gasteiger partial charge in [0.1, 0.15) is 17.6 Å². The minimum absolute atomic E-state index is 0.0915. The largest absolute Gasteiger partial charge is 0.482 e. The van der Waals surface area contributed by atoms with Gasteiger partial charge >= 0.3 is 0 Å². The van der Waals surface area contributed by atoms with Gasteiger partial charge in [-0.05, 0) is 57.2 Å². The molecule has 0 spiro atoms. The Labute approximate surface area is 153 Å². The molecule has 0 unspecified atom stereocenters. The summed E-state index contributed by atoms with van der Waals surface area (Å²) in [6, 6.07) is 12.9. The molecule has 1 aliphatic rings. The van der Waals surface area contributed by atoms with Crippen molar-refractivity contribution in [3.8, 4) is 11.8 Å². The van der Waals surface area contributed by atoms with Crippen LogP contribution in [0.2, 0.25) is 0 Å². The zero-order chi connectivity index (χ0) is 18.4. The maximum Gasteiger partial charge on any atom is 0.261 e. The van der Waals surface area contributed by atoms with Crippen molar-refractivity contribution >= 4 is 5.91 Å². The van der Waals surface area contributed by atoms with E-state index in [0.717, 1.165) is 31.7 Å². The van der Waals surface area contributed by atoms with Gasteiger partial charge in [-0.15, -0.1) is 0 Å². The van der Waals surface area contributed by atoms with E-state index < -0.39 is 0 Å². The molecule has 1 saturated heterocycles. The van der Waals surface area contributed by atoms with E-state index in [1.807, 2.05) is 17.0 Å². The standard InChI is InChI=1S/C20H23N3O3/c1-22-10-8-17(9-11-22)23(14-18-6-4-12-25-18)20(24)15-26-19-7-3-2-5-16(19)13-21/h2-7,12,17H,8-11,14-15H2,1H3. The van der Waals surface area contributed by atoms with Gasteiger partial charge in [0.2, 0.25) is 0 Å². The fourth-order valence-corrected chi connectivity index (χ4v) is 3.21. The number of ether oxygens (including phenoxy) is 1. The number of nitrogens with zero attached hydrogens (tertiary/aromatic N) is 3. The van der Waals surface area contributed by atoms with Gasteiger partial charge in [0.25, 0.3) is 5.91 Å². The highest BCUT2D eigenvalue weighted by molar-refractivity contribution is 5.78. The second-order valence-electron chi connectivity index (χ2n) is 6.53. The number of furan rings is 1. The maximum absolute atomic E-state index is 12.9. The quantitative estimate of drug-likeness (QED) is 0.798. The molecular formula is C20H23N3O3. The molecule has 0 bridgehead atoms. The van der Waals surface area contributed by atoms with Crippen LogP contribution in [0, 0.1) is 11.3 Å². The van der Waals surface area contributed by atoms with E-state index in [9.17, 15) is 4.79 Å². The average molecular weight is 353 g/mol. The van der Waals surface area contributed by atoms with E-state index >= 15 is 0 Å². The summed E-state index contributed by atoms with van der Waals surface area (Å²) in [6.45, 7) is 2.27. The van der Waals surface area contributed by atoms with E-state index in [4.69, 9.17) is 14.4 Å². The topological polar surface area (TPSA) is 69.7 Å². The van der Waals surface area contributed by atoms with Gasteiger partial charge in [-0.1, -0.05) is 12.1 Å². The number of amides is 1. The lowest BCUT2D eigenvalue weighted by Crippen LogP contribution is -2.47. The monoisotopic (exact) mass is 353 g/mol. The third-order valence-electron chi connectivity index (χ3n) is 4.71. The highest BCUT2D eigenvalue weighted by atomic mass is 16.5. The van der Waals surface area contributed by atoms with Crippen LogP contribution in [0.4, 0.5) is 0 Å². The first-order chi connectivity index (χ1) is 12.7. The van der Waals surface area contributed by atoms with Crippen LogP contribution in [0.15, 0.2) is 47.1 Å². The molecular weight excluding hydrogens is 330 g/mol. The van der Waals surface area contributed by atoms with Crippen molar-refractivity contribution in [3.05, 3.63) is 54.0 Å². The van der Waals surface area contributed by atoms with Gasteiger partial charge in [0.15, 0.2) is 6.61 Å². The second-order valence-corrected chi connectivity index (χ2v) is 6.53. The van der Waals surface area contributed by atoms with Crippen LogP contribution in [-0.4, -0.2) is 48.5 Å². The molecule has 2 heterocycles. The van der Waals surface area contributed by atoms with Crippen LogP contribution >= 0.6 is 0 Å². The van der Waals surface area contributed by atoms with E-state index in [0.29, 0.717) is 17.9 Å². The number of para-hydroxylation sites is 1. The summed E-state index contributed by atoms with van der Waals surface area (Å²) in [7, 11) is 2.09. The highest BCUT2D eigenvalue weighted by Gasteiger charge is 2.28. The number of carbonyl (C=O) groups excluding carboxylic acids is 1. The number of piperidine rings is 1. The molecule has 136 valence electrons. The number of likely N-dealkylation sites (tertiary alicyclic amines) is 1. The lowest BCUT2D eigenvalue weighted by Gasteiger charge is -2.37. The first-order valence-corrected chi connectivity index (χ1v) is 8.79. The van der Waals surface area contributed by atoms with Crippen molar-refractivity contribution in [2.75, 3.05) is 26.7 Å². The molecule has 1 aromatic carbocycles. The second kappa shape index (κ2) is 8.54. The van der Waals surface area contributed by atoms with Crippen molar-refractivity contribution < 1.29 is 13.9 Å². The van der Waals surface area contributed by atoms with E-state index in [2.05, 4.69) is 18.0 Å². The lowest BCUT2D eigenvalue weighted by atomic mass is 10.0. The molecule has 0 radical (unpaired) electrons. The predicted octanol–water partition coefficient (Wildman–Crippen LogP) is 2.65. The molecule has 1 aliphatic heterocycles. The Morgan fingerprint density at radius 3 is 2.77 bits per heavy atom. The minimum Gasteiger partial charge on any atom is -0.482 e. The fraction of sp³-hybridized carbons (Fsp3) is 0.400. The first-order valence-electron chi connectivity index (χ1n) is 8.79. The first kappa shape index (κ1) is 18.0. The fourth-order valence-electron chi connectivity index (χ4n) is 3.21. The summed E-state index contributed by atoms with van der Waals surface area (Å²) in [5, 5.41) is 9.15. The van der Waals surface area contributed by atoms with Gasteiger partial charge in [0.05, 0.1) is 18.4 Å². The number of carbonyl (C=O) groups is 1. The Balaban J connectivity index is 1.69. The van der Waals surface area contributed by atoms with E-state index in [1.165, 1.54) is 0 Å². The van der Waals surface area contributed by atoms with Crippen LogP contribution in [0.25, 0.3) is 0 Å². The van der Waals surface area contributed by atoms with E-state index in [-0.39, 0.29) is 18.6 Å². The Hall–Kier alpha value is -2.78. The molecule has 26 heavy (non-hydrogen) atoms. The predicted molar refractivity (Wildman–Crippen MR) is 96.4 cm³/mol. The zero-order valence-electron chi connectivity index (χ0n) is 14.9. The summed E-state index contributed by atoms with van der Waals surface area (Å²) in [5.74, 6) is 1.10. The molecule has 1 fully saturated rings. The molecule has 1 amide bonds. The highest BCUT2D eigenvalue weighted by Crippen LogP contribution is 2.21. The molecule has 0 atom stereocenters. The summed E-state index contributed by atoms with van der Waals surface area (Å²) in [6.07, 6.45) is 3.47. The van der Waals surface area contributed by atoms with Gasteiger partial charge in [-0.25, -0.2) is 0 Å². The van der Waals surface area contributed by atoms with Gasteiger partial charge < -0.3 is 19.0 Å². The SMILES string of the molecule is CN1CCC(N(Cc2ccco2)C(=O)COc2ccccc2C#N)CC1. The van der Waals surface area contributed by atoms with Gasteiger partial charge in [0, 0.05) is 6.04 Å². The smallest absolute Gasteiger partial charge is 0.261 e. The maximum atomic E-state index is 12.9. The third kappa shape index (κ3) is 4.44. The Morgan fingerprint density at radius 1 is 1.31 bits per heavy atom. The molecule has 6 heteroatoms. The molecule has 3 rings (SSSR count). The van der Waals surface area contributed by atoms with Crippen molar-refractivity contribution in [1.29, 1.82) is 5.26 Å². The molecule has 2 aromatic rings. The minimum atomic E-state index is -0.0938. The van der Waals surface area contributed by atoms with Crippen LogP contribution in [-0.2, 0) is 11.3 Å². The van der Waals surface area contributed by atoms with Crippen molar-refractivity contribution in [2.24, 2.45) is 0 Å². The van der Waals surface area contributed by atoms with E-state index in [1.54, 1.807) is 30.5 Å². The molecule has 1 aromatic heterocycles. The van der Waals surface area contributed by atoms with Crippen molar-refractivity contribution in [2.45, 2.75) is 25.4 Å². The summed E-state index contributed by atoms with van der Waals surface area (Å²) in [5.41, 5.74) is 0.428. The van der Waals surface area contributed by atoms with Crippen molar-refractivity contribution in [1.82, 2.24) is 9.80 Å². The summed E-state index contributed by atoms with van der Waals surface area (Å²) >= 11 is 0. The van der Waals surface area contributed by atoms with Crippen LogP contribution in [0.1, 0.15) is 24.2 Å². The Morgan fingerprint density at radius 2 is 2.08 bits per heavy atom. The number of hydrogen-bond donors (Lipinski definition) is 0. The van der Waals surface area contributed by atoms with Crippen molar-refractivity contribution in [3.63, 3.8) is 0 Å². The zero-order valence-corrected chi connectivity index (χ0v) is 14.9. The molecule has 6 nitrogen and oxygen atoms in total. The summed E-state index contributed by atoms with van der Waals surface area (Å²) in [4.78, 5) is 17.0. The number of hydrogen-bond acceptors (Lipinski definition) is 5. The lowest BCUT2D eigenvalue weighted by molar-refractivity contribution is -0.137. The average Bonchev–Trinajstić information content (AvgIpc) is 3.18. The van der Waals surface area contributed by atoms with Crippen LogP contribution < -0.4 is 4.74 Å². The summed E-state index contributed by atoms with van der Waals surface area (Å²) < 4.78 is 11.1. The molecule has 0 N–H and O–H groups in total. The number of nitriles is 1. The number of benzene rings is 1. The van der Waals surface area contributed by atoms with Crippen LogP contribution in [0.5, 0.6) is 5.75 Å². The molecule has 0 aliphatic carbocycles.